The van der Waals surface area contributed by atoms with Crippen LogP contribution in [0.15, 0.2) is 53.3 Å². The summed E-state index contributed by atoms with van der Waals surface area (Å²) in [6.07, 6.45) is 1.86. The van der Waals surface area contributed by atoms with Crippen LogP contribution in [-0.4, -0.2) is 24.0 Å². The normalized spacial score (nSPS) is 10.7. The highest BCUT2D eigenvalue weighted by molar-refractivity contribution is 6.30. The molecule has 3 aromatic rings. The van der Waals surface area contributed by atoms with Crippen LogP contribution in [0.4, 0.5) is 0 Å². The molecule has 1 heterocycles. The third kappa shape index (κ3) is 4.37. The predicted octanol–water partition coefficient (Wildman–Crippen LogP) is 4.58. The van der Waals surface area contributed by atoms with Gasteiger partial charge in [0.2, 0.25) is 5.88 Å². The van der Waals surface area contributed by atoms with Crippen molar-refractivity contribution >= 4 is 11.6 Å². The number of hydrogen-bond donors (Lipinski definition) is 0. The van der Waals surface area contributed by atoms with Gasteiger partial charge in [0.15, 0.2) is 0 Å². The average molecular weight is 399 g/mol. The van der Waals surface area contributed by atoms with Crippen LogP contribution < -0.4 is 15.0 Å². The summed E-state index contributed by atoms with van der Waals surface area (Å²) in [5.41, 5.74) is 3.39. The molecular formula is C22H23ClN2O3. The second-order valence-corrected chi connectivity index (χ2v) is 6.90. The third-order valence-electron chi connectivity index (χ3n) is 4.53. The molecule has 0 spiro atoms. The highest BCUT2D eigenvalue weighted by Crippen LogP contribution is 2.32. The molecule has 0 saturated carbocycles. The number of aromatic nitrogens is 2. The number of ether oxygens (including phenoxy) is 2. The second kappa shape index (κ2) is 8.93. The molecule has 2 aromatic carbocycles. The molecule has 0 N–H and O–H groups in total. The van der Waals surface area contributed by atoms with Crippen LogP contribution in [0, 0.1) is 0 Å². The minimum absolute atomic E-state index is 0.200. The molecule has 0 bridgehead atoms. The van der Waals surface area contributed by atoms with E-state index in [4.69, 9.17) is 21.1 Å². The van der Waals surface area contributed by atoms with Gasteiger partial charge < -0.3 is 9.47 Å². The van der Waals surface area contributed by atoms with E-state index in [1.54, 1.807) is 20.3 Å². The van der Waals surface area contributed by atoms with Gasteiger partial charge in [-0.1, -0.05) is 43.1 Å². The summed E-state index contributed by atoms with van der Waals surface area (Å²) >= 11 is 6.21. The number of rotatable bonds is 7. The summed E-state index contributed by atoms with van der Waals surface area (Å²) in [6.45, 7) is 2.46. The Morgan fingerprint density at radius 2 is 1.75 bits per heavy atom. The maximum absolute atomic E-state index is 12.8. The molecule has 0 amide bonds. The largest absolute Gasteiger partial charge is 0.497 e. The van der Waals surface area contributed by atoms with Crippen molar-refractivity contribution in [3.63, 3.8) is 0 Å². The lowest BCUT2D eigenvalue weighted by Gasteiger charge is -2.14. The molecule has 0 saturated heterocycles. The van der Waals surface area contributed by atoms with E-state index in [9.17, 15) is 4.79 Å². The standard InChI is InChI=1S/C22H23ClN2O3/c1-4-5-16-8-9-17(23)12-19(16)20-13-21(26)25(24-22(20)28-3)14-15-6-10-18(27-2)11-7-15/h6-13H,4-5,14H2,1-3H3. The highest BCUT2D eigenvalue weighted by Gasteiger charge is 2.15. The Hall–Kier alpha value is -2.79. The van der Waals surface area contributed by atoms with Crippen molar-refractivity contribution < 1.29 is 9.47 Å². The molecule has 0 unspecified atom stereocenters. The predicted molar refractivity (Wildman–Crippen MR) is 112 cm³/mol. The fraction of sp³-hybridized carbons (Fsp3) is 0.273. The van der Waals surface area contributed by atoms with Crippen LogP contribution >= 0.6 is 11.6 Å². The van der Waals surface area contributed by atoms with Crippen LogP contribution in [0.25, 0.3) is 11.1 Å². The van der Waals surface area contributed by atoms with Gasteiger partial charge in [0, 0.05) is 11.1 Å². The SMILES string of the molecule is CCCc1ccc(Cl)cc1-c1cc(=O)n(Cc2ccc(OC)cc2)nc1OC. The Morgan fingerprint density at radius 1 is 1.00 bits per heavy atom. The number of aryl methyl sites for hydroxylation is 1. The monoisotopic (exact) mass is 398 g/mol. The minimum Gasteiger partial charge on any atom is -0.497 e. The fourth-order valence-electron chi connectivity index (χ4n) is 3.12. The molecule has 28 heavy (non-hydrogen) atoms. The number of benzene rings is 2. The van der Waals surface area contributed by atoms with E-state index >= 15 is 0 Å². The van der Waals surface area contributed by atoms with Gasteiger partial charge in [-0.2, -0.15) is 0 Å². The van der Waals surface area contributed by atoms with E-state index in [0.717, 1.165) is 35.3 Å². The van der Waals surface area contributed by atoms with Gasteiger partial charge in [0.05, 0.1) is 26.3 Å². The number of halogens is 1. The van der Waals surface area contributed by atoms with Gasteiger partial charge in [0.1, 0.15) is 5.75 Å². The van der Waals surface area contributed by atoms with Crippen LogP contribution in [0.1, 0.15) is 24.5 Å². The summed E-state index contributed by atoms with van der Waals surface area (Å²) in [5.74, 6) is 1.16. The van der Waals surface area contributed by atoms with Crippen LogP contribution in [-0.2, 0) is 13.0 Å². The van der Waals surface area contributed by atoms with E-state index in [-0.39, 0.29) is 5.56 Å². The molecule has 5 nitrogen and oxygen atoms in total. The molecule has 0 radical (unpaired) electrons. The van der Waals surface area contributed by atoms with Crippen molar-refractivity contribution in [1.29, 1.82) is 0 Å². The van der Waals surface area contributed by atoms with Gasteiger partial charge in [-0.15, -0.1) is 5.10 Å². The zero-order valence-corrected chi connectivity index (χ0v) is 17.0. The molecule has 0 fully saturated rings. The van der Waals surface area contributed by atoms with Crippen LogP contribution in [0.2, 0.25) is 5.02 Å². The average Bonchev–Trinajstić information content (AvgIpc) is 2.71. The zero-order chi connectivity index (χ0) is 20.1. The number of hydrogen-bond acceptors (Lipinski definition) is 4. The first-order valence-electron chi connectivity index (χ1n) is 9.13. The Morgan fingerprint density at radius 3 is 2.39 bits per heavy atom. The topological polar surface area (TPSA) is 53.4 Å². The summed E-state index contributed by atoms with van der Waals surface area (Å²) in [6, 6.07) is 14.8. The zero-order valence-electron chi connectivity index (χ0n) is 16.2. The smallest absolute Gasteiger partial charge is 0.267 e. The lowest BCUT2D eigenvalue weighted by atomic mass is 9.98. The molecule has 0 aliphatic heterocycles. The van der Waals surface area contributed by atoms with Gasteiger partial charge >= 0.3 is 0 Å². The molecule has 0 aliphatic carbocycles. The lowest BCUT2D eigenvalue weighted by Crippen LogP contribution is -2.23. The van der Waals surface area contributed by atoms with Crippen LogP contribution in [0.3, 0.4) is 0 Å². The first-order chi connectivity index (χ1) is 13.5. The molecule has 1 aromatic heterocycles. The van der Waals surface area contributed by atoms with E-state index < -0.39 is 0 Å². The maximum Gasteiger partial charge on any atom is 0.267 e. The number of methoxy groups -OCH3 is 2. The first-order valence-corrected chi connectivity index (χ1v) is 9.51. The quantitative estimate of drug-likeness (QED) is 0.584. The minimum atomic E-state index is -0.200. The lowest BCUT2D eigenvalue weighted by molar-refractivity contribution is 0.380. The Labute approximate surface area is 169 Å². The summed E-state index contributed by atoms with van der Waals surface area (Å²) < 4.78 is 12.1. The number of nitrogens with zero attached hydrogens (tertiary/aromatic N) is 2. The summed E-state index contributed by atoms with van der Waals surface area (Å²) in [5, 5.41) is 5.05. The van der Waals surface area contributed by atoms with Crippen molar-refractivity contribution in [3.05, 3.63) is 75.0 Å². The van der Waals surface area contributed by atoms with Gasteiger partial charge in [-0.25, -0.2) is 4.68 Å². The molecule has 0 atom stereocenters. The van der Waals surface area contributed by atoms with Crippen molar-refractivity contribution in [3.8, 4) is 22.8 Å². The maximum atomic E-state index is 12.8. The molecule has 0 aliphatic rings. The van der Waals surface area contributed by atoms with Crippen molar-refractivity contribution in [2.75, 3.05) is 14.2 Å². The van der Waals surface area contributed by atoms with Gasteiger partial charge in [0.25, 0.3) is 5.56 Å². The summed E-state index contributed by atoms with van der Waals surface area (Å²) in [4.78, 5) is 12.8. The molecule has 146 valence electrons. The third-order valence-corrected chi connectivity index (χ3v) is 4.77. The second-order valence-electron chi connectivity index (χ2n) is 6.46. The van der Waals surface area contributed by atoms with Gasteiger partial charge in [-0.3, -0.25) is 4.79 Å². The fourth-order valence-corrected chi connectivity index (χ4v) is 3.29. The van der Waals surface area contributed by atoms with Gasteiger partial charge in [-0.05, 0) is 47.4 Å². The Bertz CT molecular complexity index is 1010. The van der Waals surface area contributed by atoms with E-state index in [1.807, 2.05) is 42.5 Å². The summed E-state index contributed by atoms with van der Waals surface area (Å²) in [7, 11) is 3.17. The molecular weight excluding hydrogens is 376 g/mol. The Balaban J connectivity index is 2.02. The Kier molecular flexibility index (Phi) is 6.37. The highest BCUT2D eigenvalue weighted by atomic mass is 35.5. The van der Waals surface area contributed by atoms with Crippen molar-refractivity contribution in [2.24, 2.45) is 0 Å². The van der Waals surface area contributed by atoms with E-state index in [1.165, 1.54) is 4.68 Å². The van der Waals surface area contributed by atoms with Crippen LogP contribution in [0.5, 0.6) is 11.6 Å². The molecule has 3 rings (SSSR count). The van der Waals surface area contributed by atoms with E-state index in [2.05, 4.69) is 12.0 Å². The first kappa shape index (κ1) is 20.0. The van der Waals surface area contributed by atoms with Crippen molar-refractivity contribution in [1.82, 2.24) is 9.78 Å². The molecule has 6 heteroatoms. The van der Waals surface area contributed by atoms with E-state index in [0.29, 0.717) is 23.0 Å². The van der Waals surface area contributed by atoms with Crippen molar-refractivity contribution in [2.45, 2.75) is 26.3 Å².